The Morgan fingerprint density at radius 1 is 1.26 bits per heavy atom. The van der Waals surface area contributed by atoms with Crippen LogP contribution in [0.3, 0.4) is 0 Å². The molecule has 0 radical (unpaired) electrons. The second kappa shape index (κ2) is 5.48. The van der Waals surface area contributed by atoms with Gasteiger partial charge in [-0.1, -0.05) is 23.2 Å². The summed E-state index contributed by atoms with van der Waals surface area (Å²) in [6.07, 6.45) is 0. The molecule has 1 aliphatic heterocycles. The maximum atomic E-state index is 12.0. The largest absolute Gasteiger partial charge is 0.347 e. The SMILES string of the molecule is O=C(N[C@@H]1CS(=O)(=O)C[C@H]1Cl)c1ccc(Cl)cc1Cl. The topological polar surface area (TPSA) is 63.2 Å². The first-order valence-corrected chi connectivity index (χ1v) is 8.40. The Labute approximate surface area is 125 Å². The van der Waals surface area contributed by atoms with Gasteiger partial charge >= 0.3 is 0 Å². The van der Waals surface area contributed by atoms with Gasteiger partial charge in [0, 0.05) is 5.02 Å². The van der Waals surface area contributed by atoms with Crippen LogP contribution < -0.4 is 5.32 Å². The first-order valence-electron chi connectivity index (χ1n) is 5.39. The highest BCUT2D eigenvalue weighted by molar-refractivity contribution is 7.91. The van der Waals surface area contributed by atoms with E-state index >= 15 is 0 Å². The Kier molecular flexibility index (Phi) is 4.30. The fourth-order valence-electron chi connectivity index (χ4n) is 1.86. The zero-order valence-electron chi connectivity index (χ0n) is 9.57. The predicted octanol–water partition coefficient (Wildman–Crippen LogP) is 2.13. The van der Waals surface area contributed by atoms with Crippen molar-refractivity contribution in [2.24, 2.45) is 0 Å². The number of sulfone groups is 1. The molecule has 1 aromatic carbocycles. The Bertz CT molecular complexity index is 618. The highest BCUT2D eigenvalue weighted by atomic mass is 35.5. The lowest BCUT2D eigenvalue weighted by atomic mass is 10.2. The first-order chi connectivity index (χ1) is 8.78. The monoisotopic (exact) mass is 341 g/mol. The minimum atomic E-state index is -3.19. The molecule has 0 aromatic heterocycles. The molecule has 0 spiro atoms. The summed E-state index contributed by atoms with van der Waals surface area (Å²) in [6.45, 7) is 0. The van der Waals surface area contributed by atoms with Gasteiger partial charge in [0.2, 0.25) is 0 Å². The number of alkyl halides is 1. The smallest absolute Gasteiger partial charge is 0.253 e. The molecule has 0 bridgehead atoms. The van der Waals surface area contributed by atoms with Gasteiger partial charge in [0.15, 0.2) is 9.84 Å². The summed E-state index contributed by atoms with van der Waals surface area (Å²) in [5.74, 6) is -0.749. The number of hydrogen-bond donors (Lipinski definition) is 1. The maximum Gasteiger partial charge on any atom is 0.253 e. The van der Waals surface area contributed by atoms with Crippen LogP contribution in [0.4, 0.5) is 0 Å². The quantitative estimate of drug-likeness (QED) is 0.838. The minimum Gasteiger partial charge on any atom is -0.347 e. The van der Waals surface area contributed by atoms with Crippen molar-refractivity contribution in [2.45, 2.75) is 11.4 Å². The van der Waals surface area contributed by atoms with Gasteiger partial charge in [0.25, 0.3) is 5.91 Å². The second-order valence-electron chi connectivity index (χ2n) is 4.30. The van der Waals surface area contributed by atoms with Gasteiger partial charge < -0.3 is 5.32 Å². The Balaban J connectivity index is 2.14. The average Bonchev–Trinajstić information content (AvgIpc) is 2.51. The van der Waals surface area contributed by atoms with Crippen LogP contribution in [0.2, 0.25) is 10.0 Å². The molecule has 4 nitrogen and oxygen atoms in total. The van der Waals surface area contributed by atoms with Crippen LogP contribution in [-0.4, -0.2) is 37.2 Å². The molecule has 1 fully saturated rings. The third-order valence-electron chi connectivity index (χ3n) is 2.78. The molecule has 0 aliphatic carbocycles. The molecule has 8 heteroatoms. The maximum absolute atomic E-state index is 12.0. The number of rotatable bonds is 2. The van der Waals surface area contributed by atoms with Crippen molar-refractivity contribution in [1.29, 1.82) is 0 Å². The molecule has 1 heterocycles. The van der Waals surface area contributed by atoms with Gasteiger partial charge in [-0.05, 0) is 18.2 Å². The number of halogens is 3. The fourth-order valence-corrected chi connectivity index (χ4v) is 4.90. The molecule has 1 saturated heterocycles. The normalized spacial score (nSPS) is 25.2. The van der Waals surface area contributed by atoms with E-state index in [1.54, 1.807) is 0 Å². The number of nitrogens with one attached hydrogen (secondary N) is 1. The molecule has 1 amide bonds. The van der Waals surface area contributed by atoms with E-state index in [1.807, 2.05) is 0 Å². The highest BCUT2D eigenvalue weighted by Crippen LogP contribution is 2.22. The summed E-state index contributed by atoms with van der Waals surface area (Å²) >= 11 is 17.6. The third kappa shape index (κ3) is 3.54. The van der Waals surface area contributed by atoms with Crippen LogP contribution in [0.5, 0.6) is 0 Å². The Morgan fingerprint density at radius 3 is 2.47 bits per heavy atom. The molecular formula is C11H10Cl3NO3S. The standard InChI is InChI=1S/C11H10Cl3NO3S/c12-6-1-2-7(8(13)3-6)11(16)15-10-5-19(17,18)4-9(10)14/h1-3,9-10H,4-5H2,(H,15,16)/t9-,10-/m1/s1. The van der Waals surface area contributed by atoms with Crippen LogP contribution in [0.1, 0.15) is 10.4 Å². The van der Waals surface area contributed by atoms with Gasteiger partial charge in [0.05, 0.1) is 33.5 Å². The van der Waals surface area contributed by atoms with E-state index in [4.69, 9.17) is 34.8 Å². The second-order valence-corrected chi connectivity index (χ2v) is 7.86. The van der Waals surface area contributed by atoms with E-state index in [0.717, 1.165) is 0 Å². The van der Waals surface area contributed by atoms with Gasteiger partial charge in [-0.2, -0.15) is 0 Å². The summed E-state index contributed by atoms with van der Waals surface area (Å²) in [7, 11) is -3.19. The zero-order chi connectivity index (χ0) is 14.2. The fraction of sp³-hybridized carbons (Fsp3) is 0.364. The Hall–Kier alpha value is -0.490. The molecule has 1 aliphatic rings. The third-order valence-corrected chi connectivity index (χ3v) is 5.70. The molecule has 19 heavy (non-hydrogen) atoms. The molecule has 1 aromatic rings. The van der Waals surface area contributed by atoms with Crippen LogP contribution in [0, 0.1) is 0 Å². The van der Waals surface area contributed by atoms with E-state index in [-0.39, 0.29) is 22.1 Å². The summed E-state index contributed by atoms with van der Waals surface area (Å²) in [6, 6.07) is 3.85. The number of benzene rings is 1. The number of amides is 1. The molecule has 1 N–H and O–H groups in total. The molecule has 0 unspecified atom stereocenters. The van der Waals surface area contributed by atoms with Crippen molar-refractivity contribution in [3.63, 3.8) is 0 Å². The molecule has 2 rings (SSSR count). The van der Waals surface area contributed by atoms with Crippen molar-refractivity contribution < 1.29 is 13.2 Å². The summed E-state index contributed by atoms with van der Waals surface area (Å²) in [4.78, 5) is 12.0. The van der Waals surface area contributed by atoms with Crippen LogP contribution >= 0.6 is 34.8 Å². The first kappa shape index (κ1) is 14.9. The zero-order valence-corrected chi connectivity index (χ0v) is 12.7. The molecule has 2 atom stereocenters. The van der Waals surface area contributed by atoms with E-state index in [0.29, 0.717) is 5.02 Å². The van der Waals surface area contributed by atoms with Crippen molar-refractivity contribution in [1.82, 2.24) is 5.32 Å². The van der Waals surface area contributed by atoms with Gasteiger partial charge in [-0.3, -0.25) is 4.79 Å². The van der Waals surface area contributed by atoms with E-state index < -0.39 is 27.2 Å². The van der Waals surface area contributed by atoms with Crippen LogP contribution in [0.15, 0.2) is 18.2 Å². The summed E-state index contributed by atoms with van der Waals surface area (Å²) in [5.41, 5.74) is 0.235. The van der Waals surface area contributed by atoms with Crippen LogP contribution in [0.25, 0.3) is 0 Å². The van der Waals surface area contributed by atoms with Crippen molar-refractivity contribution in [2.75, 3.05) is 11.5 Å². The minimum absolute atomic E-state index is 0.131. The van der Waals surface area contributed by atoms with E-state index in [1.165, 1.54) is 18.2 Å². The predicted molar refractivity (Wildman–Crippen MR) is 76.0 cm³/mol. The van der Waals surface area contributed by atoms with Gasteiger partial charge in [-0.25, -0.2) is 8.42 Å². The summed E-state index contributed by atoms with van der Waals surface area (Å²) in [5, 5.41) is 2.58. The lowest BCUT2D eigenvalue weighted by molar-refractivity contribution is 0.0941. The van der Waals surface area contributed by atoms with Gasteiger partial charge in [0.1, 0.15) is 0 Å². The number of hydrogen-bond acceptors (Lipinski definition) is 3. The molecule has 0 saturated carbocycles. The Morgan fingerprint density at radius 2 is 1.95 bits per heavy atom. The average molecular weight is 343 g/mol. The lowest BCUT2D eigenvalue weighted by Gasteiger charge is -2.15. The van der Waals surface area contributed by atoms with E-state index in [9.17, 15) is 13.2 Å². The number of carbonyl (C=O) groups excluding carboxylic acids is 1. The molecule has 104 valence electrons. The number of carbonyl (C=O) groups is 1. The van der Waals surface area contributed by atoms with Crippen molar-refractivity contribution in [3.8, 4) is 0 Å². The highest BCUT2D eigenvalue weighted by Gasteiger charge is 2.37. The van der Waals surface area contributed by atoms with Crippen LogP contribution in [-0.2, 0) is 9.84 Å². The lowest BCUT2D eigenvalue weighted by Crippen LogP contribution is -2.40. The molecular weight excluding hydrogens is 333 g/mol. The van der Waals surface area contributed by atoms with Crippen molar-refractivity contribution in [3.05, 3.63) is 33.8 Å². The summed E-state index contributed by atoms with van der Waals surface area (Å²) < 4.78 is 22.8. The van der Waals surface area contributed by atoms with E-state index in [2.05, 4.69) is 5.32 Å². The van der Waals surface area contributed by atoms with Crippen molar-refractivity contribution >= 4 is 50.5 Å². The van der Waals surface area contributed by atoms with Gasteiger partial charge in [-0.15, -0.1) is 11.6 Å².